The van der Waals surface area contributed by atoms with Gasteiger partial charge in [0.25, 0.3) is 0 Å². The maximum Gasteiger partial charge on any atom is 0.135 e. The van der Waals surface area contributed by atoms with Crippen molar-refractivity contribution in [1.29, 1.82) is 0 Å². The molecule has 374 valence electrons. The average Bonchev–Trinajstić information content (AvgIpc) is 4.10. The zero-order valence-corrected chi connectivity index (χ0v) is 45.4. The van der Waals surface area contributed by atoms with E-state index in [1.807, 2.05) is 12.3 Å². The Labute approximate surface area is 454 Å². The summed E-state index contributed by atoms with van der Waals surface area (Å²) in [5.41, 5.74) is 17.2. The fourth-order valence-corrected chi connectivity index (χ4v) is 10.9. The average molecular weight is 1160 g/mol. The molecule has 0 saturated carbocycles. The zero-order valence-electron chi connectivity index (χ0n) is 43.1. The molecule has 5 heterocycles. The van der Waals surface area contributed by atoms with E-state index in [0.29, 0.717) is 11.5 Å². The van der Waals surface area contributed by atoms with Crippen LogP contribution in [0.15, 0.2) is 182 Å². The second kappa shape index (κ2) is 18.9. The Bertz CT molecular complexity index is 3960. The molecule has 0 aliphatic carbocycles. The Morgan fingerprint density at radius 3 is 2.01 bits per heavy atom. The van der Waals surface area contributed by atoms with Gasteiger partial charge in [0.1, 0.15) is 11.6 Å². The maximum absolute atomic E-state index is 6.98. The van der Waals surface area contributed by atoms with Gasteiger partial charge in [-0.3, -0.25) is 0 Å². The van der Waals surface area contributed by atoms with Crippen molar-refractivity contribution in [3.05, 3.63) is 218 Å². The predicted octanol–water partition coefficient (Wildman–Crippen LogP) is 17.3. The molecule has 2 aliphatic rings. The molecule has 0 N–H and O–H groups in total. The standard InChI is InChI=1S/C67H57N6O.Pt/c1-66(2,3)49-31-32-68-65(38-49)73-59-25-14-13-24-54(59)55-29-28-52(40-60(55)73)74-53-37-50(67(4,5)6)36-51(39-53)71-43-72(63-42-61-57(41-62(63)71)69-64-26-15-16-33-70(61)64)58-30-27-47(45-20-11-8-12-21-45)35-56(58)48-23-17-22-46(34-48)44-18-9-7-10-19-44;/h7-14,17-25,27-32,34-38,41-43H,15-16,26,33H2,1-6H3;/q-3;. The number of pyridine rings is 1. The number of para-hydroxylation sites is 1. The summed E-state index contributed by atoms with van der Waals surface area (Å²) >= 11 is 0. The Kier molecular flexibility index (Phi) is 12.1. The summed E-state index contributed by atoms with van der Waals surface area (Å²) in [5.74, 6) is 3.21. The van der Waals surface area contributed by atoms with Crippen molar-refractivity contribution in [1.82, 2.24) is 19.1 Å². The summed E-state index contributed by atoms with van der Waals surface area (Å²) in [6, 6.07) is 70.7. The van der Waals surface area contributed by atoms with E-state index in [1.54, 1.807) is 0 Å². The number of hydrogen-bond acceptors (Lipinski definition) is 5. The van der Waals surface area contributed by atoms with E-state index in [0.717, 1.165) is 115 Å². The molecular weight excluding hydrogens is 1100 g/mol. The number of nitrogens with zero attached hydrogens (tertiary/aromatic N) is 6. The number of fused-ring (bicyclic) bond motifs is 7. The normalized spacial score (nSPS) is 13.6. The smallest absolute Gasteiger partial charge is 0.135 e. The number of rotatable bonds is 8. The predicted molar refractivity (Wildman–Crippen MR) is 304 cm³/mol. The van der Waals surface area contributed by atoms with Gasteiger partial charge in [-0.15, -0.1) is 53.6 Å². The van der Waals surface area contributed by atoms with Gasteiger partial charge in [0.05, 0.1) is 11.0 Å². The summed E-state index contributed by atoms with van der Waals surface area (Å²) < 4.78 is 11.6. The van der Waals surface area contributed by atoms with Crippen LogP contribution in [0.2, 0.25) is 0 Å². The van der Waals surface area contributed by atoms with E-state index in [2.05, 4.69) is 249 Å². The Balaban J connectivity index is 0.00000569. The summed E-state index contributed by atoms with van der Waals surface area (Å²) in [4.78, 5) is 14.9. The van der Waals surface area contributed by atoms with Crippen LogP contribution >= 0.6 is 0 Å². The number of benzene rings is 8. The van der Waals surface area contributed by atoms with Crippen LogP contribution in [0.4, 0.5) is 22.7 Å². The first kappa shape index (κ1) is 48.2. The number of anilines is 4. The maximum atomic E-state index is 6.98. The Morgan fingerprint density at radius 2 is 1.24 bits per heavy atom. The van der Waals surface area contributed by atoms with Crippen LogP contribution in [-0.4, -0.2) is 19.1 Å². The van der Waals surface area contributed by atoms with E-state index in [-0.39, 0.29) is 31.9 Å². The first-order chi connectivity index (χ1) is 35.9. The van der Waals surface area contributed by atoms with Gasteiger partial charge in [-0.2, -0.15) is 6.07 Å². The third kappa shape index (κ3) is 8.81. The largest absolute Gasteiger partial charge is 0.509 e. The second-order valence-electron chi connectivity index (χ2n) is 21.9. The molecular formula is C67H57N6OPt-3. The number of ether oxygens (including phenoxy) is 1. The molecule has 2 aliphatic heterocycles. The van der Waals surface area contributed by atoms with Crippen molar-refractivity contribution < 1.29 is 25.8 Å². The number of hydrogen-bond donors (Lipinski definition) is 0. The molecule has 0 radical (unpaired) electrons. The quantitative estimate of drug-likeness (QED) is 0.142. The van der Waals surface area contributed by atoms with Crippen LogP contribution in [0.5, 0.6) is 11.5 Å². The van der Waals surface area contributed by atoms with Gasteiger partial charge in [0.2, 0.25) is 0 Å². The van der Waals surface area contributed by atoms with Crippen molar-refractivity contribution in [2.45, 2.75) is 78.2 Å². The fourth-order valence-electron chi connectivity index (χ4n) is 10.9. The Hall–Kier alpha value is -7.73. The molecule has 75 heavy (non-hydrogen) atoms. The van der Waals surface area contributed by atoms with Crippen LogP contribution in [0.1, 0.15) is 71.3 Å². The van der Waals surface area contributed by atoms with Crippen LogP contribution in [0.3, 0.4) is 0 Å². The summed E-state index contributed by atoms with van der Waals surface area (Å²) in [6.45, 7) is 16.7. The molecule has 7 nitrogen and oxygen atoms in total. The van der Waals surface area contributed by atoms with Crippen molar-refractivity contribution in [2.75, 3.05) is 9.80 Å². The molecule has 0 saturated heterocycles. The molecule has 0 amide bonds. The van der Waals surface area contributed by atoms with Gasteiger partial charge in [0.15, 0.2) is 0 Å². The molecule has 8 heteroatoms. The SMILES string of the molecule is CC(C)(C)c1cc(Oc2[c-]c3c(cc2)c2ccccc2n3-c2cc(C(C)(C)C)ccn2)[c-]c(N2[CH-]N(c3ccc(-c4ccccc4)cc3-c3cccc(-c4ccccc4)c3)c3cc4c(cc32)nc2n4CCCC2)c1.[Pt]. The van der Waals surface area contributed by atoms with Gasteiger partial charge in [-0.25, -0.2) is 9.97 Å². The van der Waals surface area contributed by atoms with Crippen LogP contribution < -0.4 is 14.5 Å². The van der Waals surface area contributed by atoms with Gasteiger partial charge < -0.3 is 23.7 Å². The van der Waals surface area contributed by atoms with Gasteiger partial charge in [-0.05, 0) is 111 Å². The summed E-state index contributed by atoms with van der Waals surface area (Å²) in [5, 5.41) is 2.22. The van der Waals surface area contributed by atoms with Crippen molar-refractivity contribution in [3.63, 3.8) is 0 Å². The van der Waals surface area contributed by atoms with E-state index in [4.69, 9.17) is 14.7 Å². The van der Waals surface area contributed by atoms with Gasteiger partial charge in [-0.1, -0.05) is 150 Å². The second-order valence-corrected chi connectivity index (χ2v) is 21.9. The fraction of sp³-hybridized carbons (Fsp3) is 0.179. The minimum Gasteiger partial charge on any atom is -0.509 e. The number of aryl methyl sites for hydroxylation is 2. The molecule has 0 unspecified atom stereocenters. The zero-order chi connectivity index (χ0) is 50.3. The molecule has 11 aromatic rings. The molecule has 13 rings (SSSR count). The number of aromatic nitrogens is 4. The Morgan fingerprint density at radius 1 is 0.533 bits per heavy atom. The molecule has 8 aromatic carbocycles. The first-order valence-corrected chi connectivity index (χ1v) is 25.9. The van der Waals surface area contributed by atoms with Crippen molar-refractivity contribution >= 4 is 55.6 Å². The monoisotopic (exact) mass is 1160 g/mol. The molecule has 3 aromatic heterocycles. The van der Waals surface area contributed by atoms with Crippen molar-refractivity contribution in [2.24, 2.45) is 0 Å². The third-order valence-electron chi connectivity index (χ3n) is 14.9. The number of imidazole rings is 1. The van der Waals surface area contributed by atoms with Gasteiger partial charge in [0, 0.05) is 79.9 Å². The van der Waals surface area contributed by atoms with Crippen LogP contribution in [-0.2, 0) is 44.9 Å². The van der Waals surface area contributed by atoms with E-state index >= 15 is 0 Å². The first-order valence-electron chi connectivity index (χ1n) is 25.9. The molecule has 0 atom stereocenters. The van der Waals surface area contributed by atoms with Crippen LogP contribution in [0.25, 0.3) is 72.0 Å². The van der Waals surface area contributed by atoms with E-state index in [9.17, 15) is 0 Å². The molecule has 0 fully saturated rings. The van der Waals surface area contributed by atoms with E-state index < -0.39 is 0 Å². The minimum absolute atomic E-state index is 0. The van der Waals surface area contributed by atoms with E-state index in [1.165, 1.54) is 22.3 Å². The molecule has 0 spiro atoms. The van der Waals surface area contributed by atoms with Gasteiger partial charge >= 0.3 is 0 Å². The summed E-state index contributed by atoms with van der Waals surface area (Å²) in [7, 11) is 0. The topological polar surface area (TPSA) is 51.4 Å². The van der Waals surface area contributed by atoms with Crippen molar-refractivity contribution in [3.8, 4) is 50.7 Å². The van der Waals surface area contributed by atoms with Crippen LogP contribution in [0, 0.1) is 18.8 Å². The minimum atomic E-state index is -0.217. The third-order valence-corrected chi connectivity index (χ3v) is 14.9. The summed E-state index contributed by atoms with van der Waals surface area (Å²) in [6.07, 6.45) is 5.19. The molecule has 0 bridgehead atoms.